The number of nitrogens with zero attached hydrogens (tertiary/aromatic N) is 6. The minimum atomic E-state index is -0.225. The Morgan fingerprint density at radius 2 is 2.06 bits per heavy atom. The molecule has 0 aromatic carbocycles. The number of hydrogen-bond acceptors (Lipinski definition) is 7. The standard InChI is InChI=1S/C25H26N8O2S/c1-31-12-15(9-27-31)19-13-33-25(36-19)21-23(30-33)22-18(29-24(21)35)8-16(10-26-22)28-20(34)6-7-32-11-14-2-4-17(32)5-3-14/h8-10,12-14,17H,2-7,11H2,1H3,(H,28,34)(H,29,35). The van der Waals surface area contributed by atoms with E-state index >= 15 is 0 Å². The Bertz CT molecular complexity index is 1690. The molecule has 2 N–H and O–H groups in total. The summed E-state index contributed by atoms with van der Waals surface area (Å²) in [6.07, 6.45) is 12.9. The molecular weight excluding hydrogens is 476 g/mol. The number of hydrogen-bond donors (Lipinski definition) is 2. The summed E-state index contributed by atoms with van der Waals surface area (Å²) in [5, 5.41) is 12.4. The molecule has 7 heterocycles. The first kappa shape index (κ1) is 21.7. The number of nitrogens with one attached hydrogen (secondary N) is 2. The molecule has 10 nitrogen and oxygen atoms in total. The first-order valence-electron chi connectivity index (χ1n) is 12.4. The van der Waals surface area contributed by atoms with Crippen molar-refractivity contribution in [1.29, 1.82) is 0 Å². The number of fused-ring (bicyclic) bond motifs is 8. The molecule has 0 spiro atoms. The molecular formula is C25H26N8O2S. The van der Waals surface area contributed by atoms with Gasteiger partial charge in [-0.2, -0.15) is 10.2 Å². The zero-order chi connectivity index (χ0) is 24.4. The molecule has 0 unspecified atom stereocenters. The van der Waals surface area contributed by atoms with Crippen LogP contribution in [0.2, 0.25) is 0 Å². The van der Waals surface area contributed by atoms with Gasteiger partial charge in [-0.15, -0.1) is 11.3 Å². The average molecular weight is 503 g/mol. The molecule has 2 saturated heterocycles. The predicted molar refractivity (Wildman–Crippen MR) is 139 cm³/mol. The monoisotopic (exact) mass is 502 g/mol. The second-order valence-corrected chi connectivity index (χ2v) is 11.0. The zero-order valence-corrected chi connectivity index (χ0v) is 20.7. The third-order valence-electron chi connectivity index (χ3n) is 7.62. The van der Waals surface area contributed by atoms with Crippen molar-refractivity contribution in [2.45, 2.75) is 38.1 Å². The van der Waals surface area contributed by atoms with Gasteiger partial charge in [-0.25, -0.2) is 4.52 Å². The van der Waals surface area contributed by atoms with E-state index < -0.39 is 0 Å². The molecule has 1 amide bonds. The van der Waals surface area contributed by atoms with Crippen LogP contribution in [0, 0.1) is 5.92 Å². The lowest BCUT2D eigenvalue weighted by Crippen LogP contribution is -2.48. The van der Waals surface area contributed by atoms with Crippen molar-refractivity contribution in [2.24, 2.45) is 13.0 Å². The highest BCUT2D eigenvalue weighted by Gasteiger charge is 2.33. The molecule has 5 aromatic rings. The molecule has 0 atom stereocenters. The van der Waals surface area contributed by atoms with Gasteiger partial charge in [0.25, 0.3) is 5.56 Å². The highest BCUT2D eigenvalue weighted by Crippen LogP contribution is 2.35. The van der Waals surface area contributed by atoms with Crippen molar-refractivity contribution >= 4 is 49.7 Å². The zero-order valence-electron chi connectivity index (χ0n) is 19.9. The number of rotatable bonds is 5. The SMILES string of the molecule is Cn1cc(-c2cn3nc4c5ncc(NC(=O)CCN6CC7CCC6CC7)cc5[nH]c(=O)c4c3s2)cn1. The summed E-state index contributed by atoms with van der Waals surface area (Å²) < 4.78 is 3.48. The van der Waals surface area contributed by atoms with E-state index in [2.05, 4.69) is 30.4 Å². The van der Waals surface area contributed by atoms with Crippen molar-refractivity contribution in [3.05, 3.63) is 41.2 Å². The second kappa shape index (κ2) is 8.24. The summed E-state index contributed by atoms with van der Waals surface area (Å²) in [6, 6.07) is 2.40. The molecule has 1 saturated carbocycles. The highest BCUT2D eigenvalue weighted by atomic mass is 32.1. The number of anilines is 1. The normalized spacial score (nSPS) is 20.1. The van der Waals surface area contributed by atoms with E-state index in [1.807, 2.05) is 19.4 Å². The lowest BCUT2D eigenvalue weighted by molar-refractivity contribution is -0.117. The van der Waals surface area contributed by atoms with Crippen LogP contribution in [0.25, 0.3) is 37.2 Å². The number of aryl methyl sites for hydroxylation is 1. The summed E-state index contributed by atoms with van der Waals surface area (Å²) in [4.78, 5) is 37.4. The van der Waals surface area contributed by atoms with Crippen LogP contribution in [-0.2, 0) is 11.8 Å². The van der Waals surface area contributed by atoms with E-state index in [0.29, 0.717) is 40.1 Å². The molecule has 1 aliphatic carbocycles. The predicted octanol–water partition coefficient (Wildman–Crippen LogP) is 3.39. The number of carbonyl (C=O) groups excluding carboxylic acids is 1. The lowest BCUT2D eigenvalue weighted by Gasteiger charge is -2.45. The third-order valence-corrected chi connectivity index (χ3v) is 8.77. The molecule has 2 bridgehead atoms. The number of pyridine rings is 2. The number of aromatic amines is 1. The number of thiazole rings is 1. The van der Waals surface area contributed by atoms with E-state index in [4.69, 9.17) is 0 Å². The van der Waals surface area contributed by atoms with E-state index in [1.54, 1.807) is 27.7 Å². The van der Waals surface area contributed by atoms with Crippen molar-refractivity contribution < 1.29 is 4.79 Å². The maximum Gasteiger partial charge on any atom is 0.261 e. The number of H-pyrrole nitrogens is 1. The Kier molecular flexibility index (Phi) is 4.97. The fourth-order valence-electron chi connectivity index (χ4n) is 5.82. The maximum absolute atomic E-state index is 13.1. The smallest absolute Gasteiger partial charge is 0.261 e. The van der Waals surface area contributed by atoms with Gasteiger partial charge in [0.2, 0.25) is 5.91 Å². The van der Waals surface area contributed by atoms with E-state index in [9.17, 15) is 9.59 Å². The van der Waals surface area contributed by atoms with Crippen molar-refractivity contribution in [3.63, 3.8) is 0 Å². The van der Waals surface area contributed by atoms with Gasteiger partial charge in [0.1, 0.15) is 21.3 Å². The number of amides is 1. The van der Waals surface area contributed by atoms with E-state index in [-0.39, 0.29) is 11.5 Å². The van der Waals surface area contributed by atoms with Gasteiger partial charge < -0.3 is 10.3 Å². The number of aromatic nitrogens is 6. The molecule has 0 radical (unpaired) electrons. The average Bonchev–Trinajstić information content (AvgIpc) is 3.58. The van der Waals surface area contributed by atoms with Gasteiger partial charge >= 0.3 is 0 Å². The molecule has 8 rings (SSSR count). The van der Waals surface area contributed by atoms with Crippen molar-refractivity contribution in [1.82, 2.24) is 34.3 Å². The third kappa shape index (κ3) is 3.61. The number of piperidine rings is 2. The minimum Gasteiger partial charge on any atom is -0.325 e. The van der Waals surface area contributed by atoms with Gasteiger partial charge in [0.15, 0.2) is 0 Å². The van der Waals surface area contributed by atoms with Crippen LogP contribution in [-0.4, -0.2) is 59.3 Å². The highest BCUT2D eigenvalue weighted by molar-refractivity contribution is 7.21. The molecule has 2 aliphatic heterocycles. The minimum absolute atomic E-state index is 0.0357. The molecule has 3 aliphatic rings. The van der Waals surface area contributed by atoms with Crippen LogP contribution in [0.4, 0.5) is 5.69 Å². The van der Waals surface area contributed by atoms with Gasteiger partial charge in [0.05, 0.1) is 28.5 Å². The summed E-state index contributed by atoms with van der Waals surface area (Å²) in [5.41, 5.74) is 3.03. The summed E-state index contributed by atoms with van der Waals surface area (Å²) in [6.45, 7) is 1.91. The Balaban J connectivity index is 1.14. The summed E-state index contributed by atoms with van der Waals surface area (Å²) >= 11 is 1.49. The first-order valence-corrected chi connectivity index (χ1v) is 13.2. The van der Waals surface area contributed by atoms with Gasteiger partial charge in [-0.3, -0.25) is 24.2 Å². The quantitative estimate of drug-likeness (QED) is 0.381. The Morgan fingerprint density at radius 3 is 2.81 bits per heavy atom. The molecule has 184 valence electrons. The second-order valence-electron chi connectivity index (χ2n) is 10.0. The van der Waals surface area contributed by atoms with Crippen LogP contribution >= 0.6 is 11.3 Å². The molecule has 5 aromatic heterocycles. The topological polar surface area (TPSA) is 113 Å². The fraction of sp³-hybridized carbons (Fsp3) is 0.400. The maximum atomic E-state index is 13.1. The van der Waals surface area contributed by atoms with Crippen LogP contribution in [0.5, 0.6) is 0 Å². The van der Waals surface area contributed by atoms with Gasteiger partial charge in [0, 0.05) is 50.6 Å². The first-order chi connectivity index (χ1) is 17.5. The van der Waals surface area contributed by atoms with Gasteiger partial charge in [-0.05, 0) is 37.7 Å². The van der Waals surface area contributed by atoms with Crippen LogP contribution < -0.4 is 10.9 Å². The van der Waals surface area contributed by atoms with E-state index in [0.717, 1.165) is 34.3 Å². The summed E-state index contributed by atoms with van der Waals surface area (Å²) in [7, 11) is 1.87. The molecule has 3 fully saturated rings. The van der Waals surface area contributed by atoms with Crippen molar-refractivity contribution in [2.75, 3.05) is 18.4 Å². The lowest BCUT2D eigenvalue weighted by atomic mass is 9.80. The summed E-state index contributed by atoms with van der Waals surface area (Å²) in [5.74, 6) is 0.767. The van der Waals surface area contributed by atoms with Crippen LogP contribution in [0.3, 0.4) is 0 Å². The Morgan fingerprint density at radius 1 is 1.19 bits per heavy atom. The van der Waals surface area contributed by atoms with Crippen molar-refractivity contribution in [3.8, 4) is 10.4 Å². The largest absolute Gasteiger partial charge is 0.325 e. The van der Waals surface area contributed by atoms with Crippen LogP contribution in [0.1, 0.15) is 32.1 Å². The molecule has 11 heteroatoms. The van der Waals surface area contributed by atoms with Crippen LogP contribution in [0.15, 0.2) is 35.6 Å². The Labute approximate surface area is 209 Å². The Hall–Kier alpha value is -3.57. The van der Waals surface area contributed by atoms with E-state index in [1.165, 1.54) is 37.0 Å². The number of carbonyl (C=O) groups is 1. The fourth-order valence-corrected chi connectivity index (χ4v) is 6.88. The molecule has 36 heavy (non-hydrogen) atoms. The van der Waals surface area contributed by atoms with Gasteiger partial charge in [-0.1, -0.05) is 0 Å².